The summed E-state index contributed by atoms with van der Waals surface area (Å²) < 4.78 is 1.50. The maximum atomic E-state index is 11.0. The molecule has 15 heavy (non-hydrogen) atoms. The molecule has 0 aromatic carbocycles. The predicted molar refractivity (Wildman–Crippen MR) is 54.0 cm³/mol. The molecule has 0 aliphatic carbocycles. The maximum absolute atomic E-state index is 11.0. The molecule has 0 aliphatic rings. The third kappa shape index (κ3) is 2.37. The van der Waals surface area contributed by atoms with Crippen LogP contribution < -0.4 is 0 Å². The quantitative estimate of drug-likeness (QED) is 0.665. The van der Waals surface area contributed by atoms with Gasteiger partial charge in [-0.05, 0) is 25.5 Å². The predicted octanol–water partition coefficient (Wildman–Crippen LogP) is 0.156. The van der Waals surface area contributed by atoms with E-state index in [1.165, 1.54) is 4.57 Å². The molecule has 0 amide bonds. The van der Waals surface area contributed by atoms with Gasteiger partial charge in [-0.1, -0.05) is 0 Å². The Kier molecular flexibility index (Phi) is 3.49. The van der Waals surface area contributed by atoms with E-state index in [1.807, 2.05) is 0 Å². The first-order valence-electron chi connectivity index (χ1n) is 4.66. The number of aliphatic hydroxyl groups is 2. The number of carbonyl (C=O) groups is 1. The van der Waals surface area contributed by atoms with E-state index in [0.29, 0.717) is 5.56 Å². The van der Waals surface area contributed by atoms with Crippen LogP contribution >= 0.6 is 0 Å². The van der Waals surface area contributed by atoms with Gasteiger partial charge in [0.2, 0.25) is 0 Å². The van der Waals surface area contributed by atoms with Gasteiger partial charge in [0.1, 0.15) is 5.69 Å². The van der Waals surface area contributed by atoms with Crippen LogP contribution in [0.3, 0.4) is 0 Å². The third-order valence-corrected chi connectivity index (χ3v) is 2.30. The third-order valence-electron chi connectivity index (χ3n) is 2.30. The molecule has 0 fully saturated rings. The first-order chi connectivity index (χ1) is 6.97. The Labute approximate surface area is 87.6 Å². The van der Waals surface area contributed by atoms with Crippen LogP contribution in [0, 0.1) is 13.8 Å². The van der Waals surface area contributed by atoms with Gasteiger partial charge in [0.25, 0.3) is 0 Å². The Hall–Kier alpha value is -1.33. The van der Waals surface area contributed by atoms with Gasteiger partial charge < -0.3 is 19.9 Å². The molecular weight excluding hydrogens is 198 g/mol. The van der Waals surface area contributed by atoms with Crippen LogP contribution in [0.25, 0.3) is 0 Å². The number of rotatable bonds is 4. The number of carboxylic acid groups (broad SMARTS) is 1. The fourth-order valence-corrected chi connectivity index (χ4v) is 1.64. The van der Waals surface area contributed by atoms with Crippen molar-refractivity contribution in [2.24, 2.45) is 0 Å². The first kappa shape index (κ1) is 11.7. The zero-order chi connectivity index (χ0) is 11.6. The van der Waals surface area contributed by atoms with Gasteiger partial charge in [-0.15, -0.1) is 0 Å². The fourth-order valence-electron chi connectivity index (χ4n) is 1.64. The number of aromatic nitrogens is 1. The lowest BCUT2D eigenvalue weighted by Gasteiger charge is -2.12. The highest BCUT2D eigenvalue weighted by Crippen LogP contribution is 2.15. The monoisotopic (exact) mass is 213 g/mol. The van der Waals surface area contributed by atoms with Crippen molar-refractivity contribution in [3.05, 3.63) is 23.0 Å². The van der Waals surface area contributed by atoms with Crippen LogP contribution in [-0.2, 0) is 6.54 Å². The van der Waals surface area contributed by atoms with Gasteiger partial charge in [0.05, 0.1) is 19.3 Å². The first-order valence-corrected chi connectivity index (χ1v) is 4.66. The van der Waals surface area contributed by atoms with E-state index in [-0.39, 0.29) is 18.8 Å². The molecule has 0 radical (unpaired) electrons. The number of aryl methyl sites for hydroxylation is 2. The smallest absolute Gasteiger partial charge is 0.352 e. The highest BCUT2D eigenvalue weighted by Gasteiger charge is 2.17. The molecule has 0 saturated heterocycles. The Bertz CT molecular complexity index is 370. The molecule has 1 heterocycles. The van der Waals surface area contributed by atoms with Crippen molar-refractivity contribution in [2.75, 3.05) is 6.61 Å². The largest absolute Gasteiger partial charge is 0.477 e. The summed E-state index contributed by atoms with van der Waals surface area (Å²) in [5.74, 6) is -1.02. The number of hydrogen-bond donors (Lipinski definition) is 3. The summed E-state index contributed by atoms with van der Waals surface area (Å²) in [4.78, 5) is 11.0. The van der Waals surface area contributed by atoms with Gasteiger partial charge >= 0.3 is 5.97 Å². The highest BCUT2D eigenvalue weighted by molar-refractivity contribution is 5.87. The van der Waals surface area contributed by atoms with Gasteiger partial charge in [-0.25, -0.2) is 4.79 Å². The summed E-state index contributed by atoms with van der Waals surface area (Å²) in [6.45, 7) is 3.19. The van der Waals surface area contributed by atoms with Crippen molar-refractivity contribution < 1.29 is 20.1 Å². The van der Waals surface area contributed by atoms with E-state index >= 15 is 0 Å². The topological polar surface area (TPSA) is 82.7 Å². The zero-order valence-corrected chi connectivity index (χ0v) is 8.77. The number of carboxylic acids is 1. The molecule has 0 spiro atoms. The summed E-state index contributed by atoms with van der Waals surface area (Å²) >= 11 is 0. The Morgan fingerprint density at radius 1 is 1.53 bits per heavy atom. The van der Waals surface area contributed by atoms with Crippen LogP contribution in [0.1, 0.15) is 21.7 Å². The Balaban J connectivity index is 3.09. The van der Waals surface area contributed by atoms with Crippen molar-refractivity contribution in [2.45, 2.75) is 26.5 Å². The molecule has 1 rings (SSSR count). The van der Waals surface area contributed by atoms with E-state index in [9.17, 15) is 9.90 Å². The van der Waals surface area contributed by atoms with E-state index in [0.717, 1.165) is 5.69 Å². The molecular formula is C10H15NO4. The van der Waals surface area contributed by atoms with Crippen LogP contribution in [-0.4, -0.2) is 38.6 Å². The molecule has 5 heteroatoms. The van der Waals surface area contributed by atoms with Crippen molar-refractivity contribution in [3.8, 4) is 0 Å². The van der Waals surface area contributed by atoms with Gasteiger partial charge in [-0.3, -0.25) is 0 Å². The van der Waals surface area contributed by atoms with Crippen molar-refractivity contribution in [1.82, 2.24) is 4.57 Å². The second-order valence-electron chi connectivity index (χ2n) is 3.57. The fraction of sp³-hybridized carbons (Fsp3) is 0.500. The van der Waals surface area contributed by atoms with Crippen molar-refractivity contribution in [3.63, 3.8) is 0 Å². The molecule has 1 aromatic rings. The molecule has 5 nitrogen and oxygen atoms in total. The molecule has 1 aromatic heterocycles. The highest BCUT2D eigenvalue weighted by atomic mass is 16.4. The normalized spacial score (nSPS) is 12.8. The van der Waals surface area contributed by atoms with Crippen molar-refractivity contribution in [1.29, 1.82) is 0 Å². The Morgan fingerprint density at radius 2 is 2.13 bits per heavy atom. The second kappa shape index (κ2) is 4.46. The van der Waals surface area contributed by atoms with E-state index in [2.05, 4.69) is 0 Å². The van der Waals surface area contributed by atoms with Crippen LogP contribution in [0.2, 0.25) is 0 Å². The number of hydrogen-bond acceptors (Lipinski definition) is 3. The van der Waals surface area contributed by atoms with Crippen LogP contribution in [0.5, 0.6) is 0 Å². The summed E-state index contributed by atoms with van der Waals surface area (Å²) in [5.41, 5.74) is 1.59. The number of aromatic carboxylic acids is 1. The number of nitrogens with zero attached hydrogens (tertiary/aromatic N) is 1. The molecule has 0 aliphatic heterocycles. The lowest BCUT2D eigenvalue weighted by molar-refractivity contribution is 0.0652. The minimum Gasteiger partial charge on any atom is -0.477 e. The lowest BCUT2D eigenvalue weighted by atomic mass is 10.2. The molecule has 0 bridgehead atoms. The zero-order valence-electron chi connectivity index (χ0n) is 8.77. The van der Waals surface area contributed by atoms with Crippen LogP contribution in [0.4, 0.5) is 0 Å². The van der Waals surface area contributed by atoms with Gasteiger partial charge in [0, 0.05) is 5.69 Å². The molecule has 1 atom stereocenters. The molecule has 3 N–H and O–H groups in total. The summed E-state index contributed by atoms with van der Waals surface area (Å²) in [6.07, 6.45) is -0.936. The van der Waals surface area contributed by atoms with E-state index in [4.69, 9.17) is 10.2 Å². The second-order valence-corrected chi connectivity index (χ2v) is 3.57. The minimum absolute atomic E-state index is 0.0950. The number of aliphatic hydroxyl groups excluding tert-OH is 2. The van der Waals surface area contributed by atoms with E-state index < -0.39 is 12.1 Å². The Morgan fingerprint density at radius 3 is 2.60 bits per heavy atom. The van der Waals surface area contributed by atoms with Gasteiger partial charge in [0.15, 0.2) is 0 Å². The maximum Gasteiger partial charge on any atom is 0.352 e. The van der Waals surface area contributed by atoms with Crippen molar-refractivity contribution >= 4 is 5.97 Å². The van der Waals surface area contributed by atoms with Gasteiger partial charge in [-0.2, -0.15) is 0 Å². The standard InChI is InChI=1S/C10H15NO4/c1-6-3-7(2)11(4-8(13)5-12)9(6)10(14)15/h3,8,12-13H,4-5H2,1-2H3,(H,14,15). The summed E-state index contributed by atoms with van der Waals surface area (Å²) in [5, 5.41) is 27.0. The average molecular weight is 213 g/mol. The molecule has 84 valence electrons. The average Bonchev–Trinajstić information content (AvgIpc) is 2.41. The summed E-state index contributed by atoms with van der Waals surface area (Å²) in [7, 11) is 0. The lowest BCUT2D eigenvalue weighted by Crippen LogP contribution is -2.23. The van der Waals surface area contributed by atoms with Crippen LogP contribution in [0.15, 0.2) is 6.07 Å². The minimum atomic E-state index is -1.02. The van der Waals surface area contributed by atoms with E-state index in [1.54, 1.807) is 19.9 Å². The SMILES string of the molecule is Cc1cc(C)n(CC(O)CO)c1C(=O)O. The molecule has 0 saturated carbocycles. The molecule has 1 unspecified atom stereocenters. The summed E-state index contributed by atoms with van der Waals surface area (Å²) in [6, 6.07) is 1.74.